The molecule has 104 valence electrons. The molecule has 0 radical (unpaired) electrons. The van der Waals surface area contributed by atoms with Crippen molar-refractivity contribution in [2.75, 3.05) is 13.2 Å². The summed E-state index contributed by atoms with van der Waals surface area (Å²) in [6.45, 7) is -0.555. The zero-order valence-corrected chi connectivity index (χ0v) is 15.4. The molecule has 0 aliphatic heterocycles. The van der Waals surface area contributed by atoms with Gasteiger partial charge in [-0.25, -0.2) is 9.59 Å². The van der Waals surface area contributed by atoms with Crippen LogP contribution in [0, 0.1) is 0 Å². The van der Waals surface area contributed by atoms with E-state index in [9.17, 15) is 14.7 Å². The molecule has 9 heteroatoms. The van der Waals surface area contributed by atoms with Crippen molar-refractivity contribution in [2.24, 2.45) is 0 Å². The van der Waals surface area contributed by atoms with Crippen LogP contribution in [-0.2, 0) is 4.74 Å². The minimum atomic E-state index is -1.28. The summed E-state index contributed by atoms with van der Waals surface area (Å²) in [7, 11) is 0. The van der Waals surface area contributed by atoms with E-state index in [1.54, 1.807) is 0 Å². The van der Waals surface area contributed by atoms with Crippen molar-refractivity contribution >= 4 is 75.7 Å². The first-order chi connectivity index (χ1) is 8.82. The van der Waals surface area contributed by atoms with Gasteiger partial charge in [-0.2, -0.15) is 0 Å². The predicted octanol–water partition coefficient (Wildman–Crippen LogP) is 3.58. The molecule has 0 aromatic heterocycles. The van der Waals surface area contributed by atoms with E-state index in [1.807, 2.05) is 0 Å². The first-order valence-electron chi connectivity index (χ1n) is 4.70. The second kappa shape index (κ2) is 7.16. The van der Waals surface area contributed by atoms with E-state index in [-0.39, 0.29) is 33.3 Å². The summed E-state index contributed by atoms with van der Waals surface area (Å²) in [5, 5.41) is 17.8. The lowest BCUT2D eigenvalue weighted by molar-refractivity contribution is 0.0425. The Bertz CT molecular complexity index is 543. The van der Waals surface area contributed by atoms with Crippen LogP contribution in [0.25, 0.3) is 0 Å². The van der Waals surface area contributed by atoms with E-state index < -0.39 is 11.9 Å². The second-order valence-electron chi connectivity index (χ2n) is 3.17. The average Bonchev–Trinajstić information content (AvgIpc) is 2.36. The monoisotopic (exact) mass is 522 g/mol. The Kier molecular flexibility index (Phi) is 6.44. The van der Waals surface area contributed by atoms with Crippen molar-refractivity contribution in [3.05, 3.63) is 29.0 Å². The molecule has 0 bridgehead atoms. The van der Waals surface area contributed by atoms with Gasteiger partial charge in [0, 0.05) is 17.9 Å². The molecule has 0 unspecified atom stereocenters. The highest BCUT2D eigenvalue weighted by Crippen LogP contribution is 2.42. The molecule has 1 aromatic rings. The highest BCUT2D eigenvalue weighted by molar-refractivity contribution is 9.15. The quantitative estimate of drug-likeness (QED) is 0.357. The number of esters is 1. The van der Waals surface area contributed by atoms with Gasteiger partial charge < -0.3 is 14.9 Å². The lowest BCUT2D eigenvalue weighted by atomic mass is 10.1. The van der Waals surface area contributed by atoms with Crippen molar-refractivity contribution in [3.8, 4) is 0 Å². The van der Waals surface area contributed by atoms with Crippen LogP contribution in [0.3, 0.4) is 0 Å². The minimum Gasteiger partial charge on any atom is -0.478 e. The Balaban J connectivity index is 3.52. The Morgan fingerprint density at radius 2 is 1.42 bits per heavy atom. The van der Waals surface area contributed by atoms with Crippen molar-refractivity contribution in [3.63, 3.8) is 0 Å². The smallest absolute Gasteiger partial charge is 0.340 e. The van der Waals surface area contributed by atoms with Crippen LogP contribution in [0.5, 0.6) is 0 Å². The van der Waals surface area contributed by atoms with Gasteiger partial charge in [0.2, 0.25) is 0 Å². The van der Waals surface area contributed by atoms with Gasteiger partial charge in [0.05, 0.1) is 17.7 Å². The van der Waals surface area contributed by atoms with Crippen LogP contribution in [0.2, 0.25) is 0 Å². The molecule has 0 heterocycles. The molecule has 0 saturated carbocycles. The van der Waals surface area contributed by atoms with Crippen molar-refractivity contribution in [2.45, 2.75) is 0 Å². The van der Waals surface area contributed by atoms with E-state index in [0.717, 1.165) is 0 Å². The van der Waals surface area contributed by atoms with Gasteiger partial charge in [0.1, 0.15) is 6.61 Å². The maximum absolute atomic E-state index is 11.9. The van der Waals surface area contributed by atoms with Gasteiger partial charge in [0.25, 0.3) is 0 Å². The number of hydrogen-bond donors (Lipinski definition) is 2. The molecule has 0 spiro atoms. The first kappa shape index (κ1) is 17.1. The highest BCUT2D eigenvalue weighted by atomic mass is 79.9. The zero-order valence-electron chi connectivity index (χ0n) is 9.05. The number of rotatable bonds is 4. The third-order valence-electron chi connectivity index (χ3n) is 2.01. The van der Waals surface area contributed by atoms with E-state index in [0.29, 0.717) is 8.95 Å². The van der Waals surface area contributed by atoms with Crippen LogP contribution in [-0.4, -0.2) is 35.4 Å². The van der Waals surface area contributed by atoms with Gasteiger partial charge in [-0.1, -0.05) is 0 Å². The van der Waals surface area contributed by atoms with Crippen LogP contribution >= 0.6 is 63.7 Å². The van der Waals surface area contributed by atoms with Gasteiger partial charge in [-0.15, -0.1) is 0 Å². The lowest BCUT2D eigenvalue weighted by Crippen LogP contribution is -2.16. The topological polar surface area (TPSA) is 83.8 Å². The summed E-state index contributed by atoms with van der Waals surface area (Å²) in [4.78, 5) is 23.2. The summed E-state index contributed by atoms with van der Waals surface area (Å²) in [5.41, 5.74) is -0.368. The predicted molar refractivity (Wildman–Crippen MR) is 81.6 cm³/mol. The molecule has 0 fully saturated rings. The second-order valence-corrected chi connectivity index (χ2v) is 6.34. The lowest BCUT2D eigenvalue weighted by Gasteiger charge is -2.13. The Labute approximate surface area is 141 Å². The molecular formula is C10H6Br4O5. The fourth-order valence-electron chi connectivity index (χ4n) is 1.23. The number of aliphatic hydroxyl groups excluding tert-OH is 1. The summed E-state index contributed by atoms with van der Waals surface area (Å²) in [6.07, 6.45) is 0. The zero-order chi connectivity index (χ0) is 14.7. The molecule has 0 saturated heterocycles. The molecule has 0 amide bonds. The summed E-state index contributed by atoms with van der Waals surface area (Å²) in [5.74, 6) is -2.12. The largest absolute Gasteiger partial charge is 0.478 e. The van der Waals surface area contributed by atoms with Crippen molar-refractivity contribution < 1.29 is 24.5 Å². The molecule has 0 aliphatic carbocycles. The number of aliphatic hydroxyl groups is 1. The summed E-state index contributed by atoms with van der Waals surface area (Å²) in [6, 6.07) is 0. The van der Waals surface area contributed by atoms with Gasteiger partial charge in [-0.05, 0) is 63.7 Å². The molecule has 1 rings (SSSR count). The number of ether oxygens (including phenoxy) is 1. The molecule has 19 heavy (non-hydrogen) atoms. The third-order valence-corrected chi connectivity index (χ3v) is 6.78. The first-order valence-corrected chi connectivity index (χ1v) is 7.87. The molecule has 5 nitrogen and oxygen atoms in total. The van der Waals surface area contributed by atoms with E-state index in [2.05, 4.69) is 63.7 Å². The highest BCUT2D eigenvalue weighted by Gasteiger charge is 2.28. The number of carboxylic acid groups (broad SMARTS) is 1. The number of hydrogen-bond acceptors (Lipinski definition) is 4. The molecule has 0 aliphatic rings. The maximum atomic E-state index is 11.9. The normalized spacial score (nSPS) is 10.4. The Morgan fingerprint density at radius 1 is 0.947 bits per heavy atom. The molecular weight excluding hydrogens is 520 g/mol. The maximum Gasteiger partial charge on any atom is 0.340 e. The van der Waals surface area contributed by atoms with E-state index >= 15 is 0 Å². The van der Waals surface area contributed by atoms with E-state index in [1.165, 1.54) is 0 Å². The van der Waals surface area contributed by atoms with E-state index in [4.69, 9.17) is 9.84 Å². The summed E-state index contributed by atoms with van der Waals surface area (Å²) < 4.78 is 6.15. The van der Waals surface area contributed by atoms with Crippen LogP contribution < -0.4 is 0 Å². The SMILES string of the molecule is O=C(O)c1c(Br)c(Br)c(Br)c(Br)c1C(=O)OCCO. The Morgan fingerprint density at radius 3 is 1.84 bits per heavy atom. The van der Waals surface area contributed by atoms with Crippen LogP contribution in [0.4, 0.5) is 0 Å². The summed E-state index contributed by atoms with van der Waals surface area (Å²) >= 11 is 12.7. The third kappa shape index (κ3) is 3.57. The number of benzene rings is 1. The number of aromatic carboxylic acids is 1. The molecule has 1 aromatic carbocycles. The molecule has 2 N–H and O–H groups in total. The fourth-order valence-corrected chi connectivity index (χ4v) is 3.68. The van der Waals surface area contributed by atoms with Gasteiger partial charge >= 0.3 is 11.9 Å². The number of carbonyl (C=O) groups is 2. The standard InChI is InChI=1S/C10H6Br4O5/c11-5-3(9(16)17)4(10(18)19-2-1-15)6(12)8(14)7(5)13/h15H,1-2H2,(H,16,17). The van der Waals surface area contributed by atoms with Crippen LogP contribution in [0.15, 0.2) is 17.9 Å². The van der Waals surface area contributed by atoms with Crippen molar-refractivity contribution in [1.82, 2.24) is 0 Å². The minimum absolute atomic E-state index is 0.136. The number of carboxylic acids is 1. The van der Waals surface area contributed by atoms with Gasteiger partial charge in [-0.3, -0.25) is 0 Å². The fraction of sp³-hybridized carbons (Fsp3) is 0.200. The number of halogens is 4. The molecule has 0 atom stereocenters. The number of carbonyl (C=O) groups excluding carboxylic acids is 1. The van der Waals surface area contributed by atoms with Crippen molar-refractivity contribution in [1.29, 1.82) is 0 Å². The van der Waals surface area contributed by atoms with Gasteiger partial charge in [0.15, 0.2) is 0 Å². The average molecular weight is 526 g/mol. The van der Waals surface area contributed by atoms with Crippen LogP contribution in [0.1, 0.15) is 20.7 Å². The Hall–Kier alpha value is 0.0400.